The molecule has 0 aliphatic heterocycles. The zero-order chi connectivity index (χ0) is 18.7. The van der Waals surface area contributed by atoms with E-state index in [0.29, 0.717) is 29.2 Å². The summed E-state index contributed by atoms with van der Waals surface area (Å²) >= 11 is -0.212. The van der Waals surface area contributed by atoms with Gasteiger partial charge >= 0.3 is 157 Å². The summed E-state index contributed by atoms with van der Waals surface area (Å²) in [6.07, 6.45) is 3.54. The summed E-state index contributed by atoms with van der Waals surface area (Å²) in [5.74, 6) is 0.706. The molecule has 1 fully saturated rings. The van der Waals surface area contributed by atoms with Crippen LogP contribution in [0, 0.1) is 11.7 Å². The first kappa shape index (κ1) is 19.4. The number of nitrogens with one attached hydrogen (secondary N) is 1. The van der Waals surface area contributed by atoms with E-state index < -0.39 is 12.0 Å². The predicted octanol–water partition coefficient (Wildman–Crippen LogP) is 1.57. The number of benzene rings is 1. The number of nitrogens with two attached hydrogens (primary N) is 1. The van der Waals surface area contributed by atoms with Crippen LogP contribution in [0.25, 0.3) is 10.9 Å². The van der Waals surface area contributed by atoms with Crippen molar-refractivity contribution in [2.24, 2.45) is 5.92 Å². The van der Waals surface area contributed by atoms with Crippen molar-refractivity contribution in [1.29, 1.82) is 0 Å². The van der Waals surface area contributed by atoms with Crippen LogP contribution >= 0.6 is 0 Å². The first-order valence-corrected chi connectivity index (χ1v) is 11.4. The molecule has 2 unspecified atom stereocenters. The first-order valence-electron chi connectivity index (χ1n) is 8.94. The number of nitrogen functional groups attached to an aromatic ring is 1. The van der Waals surface area contributed by atoms with E-state index in [-0.39, 0.29) is 30.9 Å². The summed E-state index contributed by atoms with van der Waals surface area (Å²) in [6.45, 7) is 4.22. The third kappa shape index (κ3) is 4.66. The van der Waals surface area contributed by atoms with E-state index in [1.807, 2.05) is 6.92 Å². The van der Waals surface area contributed by atoms with E-state index in [1.165, 1.54) is 11.6 Å². The maximum atomic E-state index is 14.1. The van der Waals surface area contributed by atoms with Gasteiger partial charge in [0, 0.05) is 0 Å². The van der Waals surface area contributed by atoms with Gasteiger partial charge in [0.15, 0.2) is 0 Å². The number of H-pyrrole nitrogens is 1. The van der Waals surface area contributed by atoms with Crippen molar-refractivity contribution in [2.45, 2.75) is 49.6 Å². The van der Waals surface area contributed by atoms with Crippen LogP contribution in [0.1, 0.15) is 39.5 Å². The number of rotatable bonds is 6. The molecule has 3 N–H and O–H groups in total. The van der Waals surface area contributed by atoms with Gasteiger partial charge in [-0.25, -0.2) is 0 Å². The molecule has 26 heavy (non-hydrogen) atoms. The van der Waals surface area contributed by atoms with Gasteiger partial charge in [0.2, 0.25) is 0 Å². The zero-order valence-corrected chi connectivity index (χ0v) is 17.2. The number of hydrogen-bond acceptors (Lipinski definition) is 3. The number of nitrogens with zero attached hydrogens (tertiary/aromatic N) is 1. The predicted molar refractivity (Wildman–Crippen MR) is 96.0 cm³/mol. The van der Waals surface area contributed by atoms with Gasteiger partial charge in [0.1, 0.15) is 0 Å². The van der Waals surface area contributed by atoms with Crippen molar-refractivity contribution < 1.29 is 34.7 Å². The van der Waals surface area contributed by atoms with Gasteiger partial charge in [-0.05, 0) is 0 Å². The van der Waals surface area contributed by atoms with Crippen LogP contribution in [0.5, 0.6) is 5.75 Å². The summed E-state index contributed by atoms with van der Waals surface area (Å²) in [5, 5.41) is 6.85. The normalized spacial score (nSPS) is 20.3. The van der Waals surface area contributed by atoms with Gasteiger partial charge in [-0.15, -0.1) is 0 Å². The standard InChI is InChI=1S/C19H25F2IN3O/c1-11(20)12(2)22-9-13-3-5-14(6-4-13)10-26-15-7-16(21)18-17(8-15)24-25-19(18)23/h7-9,11-12,14H,3-6,10H2,1-2H3,(H3,23,24,25)/q-1. The molecule has 0 spiro atoms. The molecule has 0 saturated heterocycles. The summed E-state index contributed by atoms with van der Waals surface area (Å²) in [4.78, 5) is 0. The third-order valence-corrected chi connectivity index (χ3v) is 8.26. The molecular formula is C19H25F2IN3O-. The van der Waals surface area contributed by atoms with Crippen LogP contribution in [0.15, 0.2) is 21.8 Å². The van der Waals surface area contributed by atoms with Crippen molar-refractivity contribution in [1.82, 2.24) is 10.2 Å². The Morgan fingerprint density at radius 2 is 2.12 bits per heavy atom. The fourth-order valence-electron chi connectivity index (χ4n) is 3.02. The number of anilines is 1. The van der Waals surface area contributed by atoms with Crippen LogP contribution in [-0.2, 0) is 0 Å². The average molecular weight is 476 g/mol. The van der Waals surface area contributed by atoms with Gasteiger partial charge in [-0.2, -0.15) is 0 Å². The molecule has 3 rings (SSSR count). The first-order chi connectivity index (χ1) is 12.4. The Hall–Kier alpha value is -1.38. The number of fused-ring (bicyclic) bond motifs is 1. The average Bonchev–Trinajstić information content (AvgIpc) is 3.00. The molecule has 1 heterocycles. The van der Waals surface area contributed by atoms with Crippen molar-refractivity contribution >= 4 is 16.7 Å². The Kier molecular flexibility index (Phi) is 6.37. The van der Waals surface area contributed by atoms with Gasteiger partial charge in [0.05, 0.1) is 0 Å². The van der Waals surface area contributed by atoms with Gasteiger partial charge in [-0.3, -0.25) is 0 Å². The van der Waals surface area contributed by atoms with Crippen LogP contribution in [0.4, 0.5) is 14.6 Å². The van der Waals surface area contributed by atoms with Crippen LogP contribution in [0.2, 0.25) is 0 Å². The second-order valence-electron chi connectivity index (χ2n) is 6.94. The summed E-state index contributed by atoms with van der Waals surface area (Å²) in [7, 11) is 0. The fourth-order valence-corrected chi connectivity index (χ4v) is 5.29. The van der Waals surface area contributed by atoms with Crippen molar-refractivity contribution in [3.63, 3.8) is 0 Å². The topological polar surface area (TPSA) is 63.9 Å². The summed E-state index contributed by atoms with van der Waals surface area (Å²) in [5.41, 5.74) is 7.67. The molecule has 1 aliphatic carbocycles. The summed E-state index contributed by atoms with van der Waals surface area (Å²) in [6, 6.07) is 3.10. The summed E-state index contributed by atoms with van der Waals surface area (Å²) < 4.78 is 35.7. The quantitative estimate of drug-likeness (QED) is 0.492. The molecule has 2 atom stereocenters. The van der Waals surface area contributed by atoms with E-state index in [2.05, 4.69) is 14.3 Å². The van der Waals surface area contributed by atoms with E-state index >= 15 is 0 Å². The number of ether oxygens (including phenoxy) is 1. The molecular weight excluding hydrogens is 451 g/mol. The molecule has 7 heteroatoms. The molecule has 144 valence electrons. The molecule has 1 saturated carbocycles. The Morgan fingerprint density at radius 3 is 2.81 bits per heavy atom. The molecule has 4 nitrogen and oxygen atoms in total. The number of alkyl halides is 2. The number of halogens is 3. The number of allylic oxidation sites excluding steroid dienone is 1. The van der Waals surface area contributed by atoms with Gasteiger partial charge in [-0.1, -0.05) is 0 Å². The van der Waals surface area contributed by atoms with Crippen LogP contribution in [0.3, 0.4) is 0 Å². The van der Waals surface area contributed by atoms with E-state index in [9.17, 15) is 8.78 Å². The van der Waals surface area contributed by atoms with Crippen molar-refractivity contribution in [3.8, 4) is 5.75 Å². The fraction of sp³-hybridized carbons (Fsp3) is 0.526. The molecule has 0 amide bonds. The third-order valence-electron chi connectivity index (χ3n) is 4.90. The SMILES string of the molecule is CC(F)C(C)[I-]C=C1CCC(COc2cc(F)c3c(N)n[nH]c3c2)CC1. The van der Waals surface area contributed by atoms with Crippen LogP contribution in [-0.4, -0.2) is 26.9 Å². The molecule has 1 aliphatic rings. The van der Waals surface area contributed by atoms with E-state index in [4.69, 9.17) is 10.5 Å². The minimum atomic E-state index is -0.715. The zero-order valence-electron chi connectivity index (χ0n) is 15.1. The molecule has 1 aromatic carbocycles. The van der Waals surface area contributed by atoms with Crippen molar-refractivity contribution in [3.05, 3.63) is 27.6 Å². The molecule has 2 aromatic rings. The van der Waals surface area contributed by atoms with Crippen LogP contribution < -0.4 is 31.7 Å². The second-order valence-corrected chi connectivity index (χ2v) is 10.2. The molecule has 0 radical (unpaired) electrons. The molecule has 1 aromatic heterocycles. The van der Waals surface area contributed by atoms with Gasteiger partial charge < -0.3 is 5.73 Å². The maximum absolute atomic E-state index is 14.1. The Morgan fingerprint density at radius 1 is 1.38 bits per heavy atom. The Bertz CT molecular complexity index is 780. The van der Waals surface area contributed by atoms with Crippen molar-refractivity contribution in [2.75, 3.05) is 12.3 Å². The number of hydrogen-bond donors (Lipinski definition) is 2. The second kappa shape index (κ2) is 8.54. The number of aromatic amines is 1. The van der Waals surface area contributed by atoms with Gasteiger partial charge in [0.25, 0.3) is 0 Å². The Balaban J connectivity index is 1.50. The number of aromatic nitrogens is 2. The monoisotopic (exact) mass is 476 g/mol. The van der Waals surface area contributed by atoms with E-state index in [1.54, 1.807) is 13.0 Å². The van der Waals surface area contributed by atoms with E-state index in [0.717, 1.165) is 25.7 Å². The minimum absolute atomic E-state index is 0.162. The molecule has 0 bridgehead atoms. The Labute approximate surface area is 162 Å².